The number of ether oxygens (including phenoxy) is 1. The molecule has 1 N–H and O–H groups in total. The van der Waals surface area contributed by atoms with Crippen molar-refractivity contribution in [1.82, 2.24) is 4.98 Å². The maximum Gasteiger partial charge on any atom is 0.254 e. The van der Waals surface area contributed by atoms with E-state index in [9.17, 15) is 13.6 Å². The SMILES string of the molecule is CCOC(C)C(=O)Nc1ncc(Cc2ccc(F)c(F)c2)s1. The Labute approximate surface area is 131 Å². The summed E-state index contributed by atoms with van der Waals surface area (Å²) in [6, 6.07) is 3.77. The normalized spacial score (nSPS) is 12.2. The van der Waals surface area contributed by atoms with Gasteiger partial charge in [0, 0.05) is 24.1 Å². The molecule has 0 aliphatic rings. The van der Waals surface area contributed by atoms with Crippen LogP contribution in [0.4, 0.5) is 13.9 Å². The predicted molar refractivity (Wildman–Crippen MR) is 81.0 cm³/mol. The molecule has 1 aromatic heterocycles. The van der Waals surface area contributed by atoms with Crippen LogP contribution in [0.15, 0.2) is 24.4 Å². The first-order valence-corrected chi connectivity index (χ1v) is 7.62. The number of carbonyl (C=O) groups excluding carboxylic acids is 1. The summed E-state index contributed by atoms with van der Waals surface area (Å²) in [5, 5.41) is 3.12. The van der Waals surface area contributed by atoms with Gasteiger partial charge in [0.05, 0.1) is 0 Å². The lowest BCUT2D eigenvalue weighted by atomic mass is 10.1. The molecule has 118 valence electrons. The molecular weight excluding hydrogens is 310 g/mol. The maximum atomic E-state index is 13.2. The minimum Gasteiger partial charge on any atom is -0.369 e. The van der Waals surface area contributed by atoms with Gasteiger partial charge in [-0.25, -0.2) is 13.8 Å². The summed E-state index contributed by atoms with van der Waals surface area (Å²) in [6.45, 7) is 3.93. The third-order valence-electron chi connectivity index (χ3n) is 2.93. The molecule has 0 saturated heterocycles. The Morgan fingerprint density at radius 3 is 2.86 bits per heavy atom. The van der Waals surface area contributed by atoms with Gasteiger partial charge in [0.2, 0.25) is 0 Å². The minimum absolute atomic E-state index is 0.268. The fourth-order valence-electron chi connectivity index (χ4n) is 1.83. The molecule has 22 heavy (non-hydrogen) atoms. The molecule has 0 fully saturated rings. The molecule has 0 aliphatic carbocycles. The molecule has 1 amide bonds. The van der Waals surface area contributed by atoms with Crippen molar-refractivity contribution in [3.63, 3.8) is 0 Å². The molecule has 7 heteroatoms. The second-order valence-electron chi connectivity index (χ2n) is 4.64. The van der Waals surface area contributed by atoms with Crippen LogP contribution in [0, 0.1) is 11.6 Å². The van der Waals surface area contributed by atoms with Crippen LogP contribution in [-0.4, -0.2) is 23.6 Å². The van der Waals surface area contributed by atoms with E-state index in [1.807, 2.05) is 6.92 Å². The molecule has 0 radical (unpaired) electrons. The first kappa shape index (κ1) is 16.5. The molecule has 1 atom stereocenters. The first-order valence-electron chi connectivity index (χ1n) is 6.80. The fourth-order valence-corrected chi connectivity index (χ4v) is 2.68. The second kappa shape index (κ2) is 7.42. The highest BCUT2D eigenvalue weighted by molar-refractivity contribution is 7.15. The van der Waals surface area contributed by atoms with Crippen LogP contribution in [0.25, 0.3) is 0 Å². The first-order chi connectivity index (χ1) is 10.5. The fraction of sp³-hybridized carbons (Fsp3) is 0.333. The van der Waals surface area contributed by atoms with E-state index in [-0.39, 0.29) is 5.91 Å². The number of anilines is 1. The Morgan fingerprint density at radius 1 is 1.41 bits per heavy atom. The minimum atomic E-state index is -0.874. The van der Waals surface area contributed by atoms with E-state index in [2.05, 4.69) is 10.3 Å². The van der Waals surface area contributed by atoms with Crippen LogP contribution in [0.2, 0.25) is 0 Å². The molecule has 1 unspecified atom stereocenters. The third-order valence-corrected chi connectivity index (χ3v) is 3.84. The number of benzene rings is 1. The van der Waals surface area contributed by atoms with Crippen LogP contribution in [0.3, 0.4) is 0 Å². The van der Waals surface area contributed by atoms with Crippen LogP contribution in [0.5, 0.6) is 0 Å². The highest BCUT2D eigenvalue weighted by Crippen LogP contribution is 2.22. The zero-order valence-corrected chi connectivity index (χ0v) is 13.0. The number of rotatable bonds is 6. The van der Waals surface area contributed by atoms with Gasteiger partial charge in [0.15, 0.2) is 16.8 Å². The van der Waals surface area contributed by atoms with Crippen molar-refractivity contribution in [3.8, 4) is 0 Å². The van der Waals surface area contributed by atoms with E-state index in [0.717, 1.165) is 17.0 Å². The lowest BCUT2D eigenvalue weighted by Gasteiger charge is -2.09. The highest BCUT2D eigenvalue weighted by Gasteiger charge is 2.14. The van der Waals surface area contributed by atoms with Gasteiger partial charge in [0.25, 0.3) is 5.91 Å². The molecule has 1 heterocycles. The van der Waals surface area contributed by atoms with E-state index in [1.165, 1.54) is 17.4 Å². The number of carbonyl (C=O) groups is 1. The Kier molecular flexibility index (Phi) is 5.57. The number of hydrogen-bond donors (Lipinski definition) is 1. The third kappa shape index (κ3) is 4.32. The highest BCUT2D eigenvalue weighted by atomic mass is 32.1. The van der Waals surface area contributed by atoms with Crippen molar-refractivity contribution >= 4 is 22.4 Å². The molecule has 2 aromatic rings. The van der Waals surface area contributed by atoms with Gasteiger partial charge in [-0.15, -0.1) is 11.3 Å². The van der Waals surface area contributed by atoms with Crippen LogP contribution in [-0.2, 0) is 16.0 Å². The van der Waals surface area contributed by atoms with E-state index in [4.69, 9.17) is 4.74 Å². The Hall–Kier alpha value is -1.86. The lowest BCUT2D eigenvalue weighted by molar-refractivity contribution is -0.126. The number of nitrogens with zero attached hydrogens (tertiary/aromatic N) is 1. The standard InChI is InChI=1S/C15H16F2N2O2S/c1-3-21-9(2)14(20)19-15-18-8-11(22-15)6-10-4-5-12(16)13(17)7-10/h4-5,7-9H,3,6H2,1-2H3,(H,18,19,20). The average molecular weight is 326 g/mol. The summed E-state index contributed by atoms with van der Waals surface area (Å²) in [7, 11) is 0. The van der Waals surface area contributed by atoms with Crippen molar-refractivity contribution in [2.75, 3.05) is 11.9 Å². The van der Waals surface area contributed by atoms with E-state index >= 15 is 0 Å². The molecule has 4 nitrogen and oxygen atoms in total. The van der Waals surface area contributed by atoms with Gasteiger partial charge in [-0.05, 0) is 31.5 Å². The smallest absolute Gasteiger partial charge is 0.254 e. The zero-order chi connectivity index (χ0) is 16.1. The van der Waals surface area contributed by atoms with Crippen molar-refractivity contribution in [3.05, 3.63) is 46.5 Å². The molecule has 0 bridgehead atoms. The number of aromatic nitrogens is 1. The lowest BCUT2D eigenvalue weighted by Crippen LogP contribution is -2.27. The Balaban J connectivity index is 1.99. The van der Waals surface area contributed by atoms with Crippen LogP contribution < -0.4 is 5.32 Å². The van der Waals surface area contributed by atoms with Crippen molar-refractivity contribution in [2.24, 2.45) is 0 Å². The summed E-state index contributed by atoms with van der Waals surface area (Å²) in [5.74, 6) is -2.01. The van der Waals surface area contributed by atoms with E-state index < -0.39 is 17.7 Å². The molecule has 2 rings (SSSR count). The van der Waals surface area contributed by atoms with Gasteiger partial charge in [-0.2, -0.15) is 0 Å². The van der Waals surface area contributed by atoms with Crippen molar-refractivity contribution in [1.29, 1.82) is 0 Å². The van der Waals surface area contributed by atoms with E-state index in [1.54, 1.807) is 13.1 Å². The summed E-state index contributed by atoms with van der Waals surface area (Å²) < 4.78 is 31.2. The number of thiazole rings is 1. The number of nitrogens with one attached hydrogen (secondary N) is 1. The number of hydrogen-bond acceptors (Lipinski definition) is 4. The molecule has 1 aromatic carbocycles. The van der Waals surface area contributed by atoms with Gasteiger partial charge >= 0.3 is 0 Å². The monoisotopic (exact) mass is 326 g/mol. The topological polar surface area (TPSA) is 51.2 Å². The summed E-state index contributed by atoms with van der Waals surface area (Å²) >= 11 is 1.29. The van der Waals surface area contributed by atoms with E-state index in [0.29, 0.717) is 23.7 Å². The van der Waals surface area contributed by atoms with Crippen LogP contribution in [0.1, 0.15) is 24.3 Å². The van der Waals surface area contributed by atoms with Gasteiger partial charge < -0.3 is 4.74 Å². The predicted octanol–water partition coefficient (Wildman–Crippen LogP) is 3.38. The summed E-state index contributed by atoms with van der Waals surface area (Å²) in [4.78, 5) is 16.7. The molecular formula is C15H16F2N2O2S. The summed E-state index contributed by atoms with van der Waals surface area (Å²) in [6.07, 6.45) is 1.47. The number of halogens is 2. The van der Waals surface area contributed by atoms with Crippen molar-refractivity contribution in [2.45, 2.75) is 26.4 Å². The largest absolute Gasteiger partial charge is 0.369 e. The zero-order valence-electron chi connectivity index (χ0n) is 12.2. The maximum absolute atomic E-state index is 13.2. The average Bonchev–Trinajstić information content (AvgIpc) is 2.90. The van der Waals surface area contributed by atoms with Gasteiger partial charge in [0.1, 0.15) is 6.10 Å². The molecule has 0 spiro atoms. The van der Waals surface area contributed by atoms with Gasteiger partial charge in [-0.1, -0.05) is 6.07 Å². The molecule has 0 aliphatic heterocycles. The number of amides is 1. The van der Waals surface area contributed by atoms with Crippen LogP contribution >= 0.6 is 11.3 Å². The second-order valence-corrected chi connectivity index (χ2v) is 5.76. The Morgan fingerprint density at radius 2 is 2.18 bits per heavy atom. The van der Waals surface area contributed by atoms with Crippen molar-refractivity contribution < 1.29 is 18.3 Å². The summed E-state index contributed by atoms with van der Waals surface area (Å²) in [5.41, 5.74) is 0.642. The quantitative estimate of drug-likeness (QED) is 0.885. The van der Waals surface area contributed by atoms with Gasteiger partial charge in [-0.3, -0.25) is 10.1 Å². The molecule has 0 saturated carbocycles. The Bertz CT molecular complexity index is 661.